The van der Waals surface area contributed by atoms with Gasteiger partial charge in [-0.15, -0.1) is 0 Å². The molecule has 0 aliphatic rings. The van der Waals surface area contributed by atoms with Gasteiger partial charge in [-0.1, -0.05) is 28.1 Å². The monoisotopic (exact) mass is 307 g/mol. The van der Waals surface area contributed by atoms with Crippen molar-refractivity contribution in [2.75, 3.05) is 19.5 Å². The molecule has 0 radical (unpaired) electrons. The molecule has 0 spiro atoms. The summed E-state index contributed by atoms with van der Waals surface area (Å²) in [6, 6.07) is 9.79. The molecule has 1 aromatic carbocycles. The van der Waals surface area contributed by atoms with Crippen molar-refractivity contribution in [3.8, 4) is 11.4 Å². The van der Waals surface area contributed by atoms with Gasteiger partial charge < -0.3 is 10.1 Å². The van der Waals surface area contributed by atoms with E-state index >= 15 is 0 Å². The van der Waals surface area contributed by atoms with E-state index in [4.69, 9.17) is 4.74 Å². The second kappa shape index (κ2) is 5.93. The van der Waals surface area contributed by atoms with Crippen LogP contribution >= 0.6 is 15.9 Å². The highest BCUT2D eigenvalue weighted by Gasteiger charge is 2.06. The third kappa shape index (κ3) is 3.05. The SMILES string of the molecule is CNc1cc(COC)nc(-c2ccc(Br)cc2)n1. The van der Waals surface area contributed by atoms with Crippen LogP contribution in [0.4, 0.5) is 5.82 Å². The Hall–Kier alpha value is -1.46. The number of benzene rings is 1. The zero-order valence-corrected chi connectivity index (χ0v) is 11.9. The average molecular weight is 308 g/mol. The molecule has 0 aliphatic heterocycles. The summed E-state index contributed by atoms with van der Waals surface area (Å²) < 4.78 is 6.15. The van der Waals surface area contributed by atoms with Crippen molar-refractivity contribution in [1.29, 1.82) is 0 Å². The summed E-state index contributed by atoms with van der Waals surface area (Å²) in [4.78, 5) is 8.92. The first-order valence-electron chi connectivity index (χ1n) is 5.53. The van der Waals surface area contributed by atoms with Gasteiger partial charge in [0.25, 0.3) is 0 Å². The molecule has 0 atom stereocenters. The Kier molecular flexibility index (Phi) is 4.28. The van der Waals surface area contributed by atoms with Crippen LogP contribution in [-0.2, 0) is 11.3 Å². The second-order valence-electron chi connectivity index (χ2n) is 3.76. The van der Waals surface area contributed by atoms with Crippen LogP contribution in [0.25, 0.3) is 11.4 Å². The number of hydrogen-bond donors (Lipinski definition) is 1. The Bertz CT molecular complexity index is 528. The molecule has 0 bridgehead atoms. The van der Waals surface area contributed by atoms with E-state index in [2.05, 4.69) is 31.2 Å². The van der Waals surface area contributed by atoms with E-state index in [0.29, 0.717) is 12.4 Å². The second-order valence-corrected chi connectivity index (χ2v) is 4.67. The number of anilines is 1. The number of aromatic nitrogens is 2. The highest BCUT2D eigenvalue weighted by molar-refractivity contribution is 9.10. The first kappa shape index (κ1) is 13.0. The zero-order valence-electron chi connectivity index (χ0n) is 10.3. The van der Waals surface area contributed by atoms with Crippen LogP contribution in [0.1, 0.15) is 5.69 Å². The maximum atomic E-state index is 5.11. The summed E-state index contributed by atoms with van der Waals surface area (Å²) in [6.45, 7) is 0.473. The highest BCUT2D eigenvalue weighted by atomic mass is 79.9. The van der Waals surface area contributed by atoms with Crippen molar-refractivity contribution in [2.24, 2.45) is 0 Å². The van der Waals surface area contributed by atoms with Gasteiger partial charge in [-0.3, -0.25) is 0 Å². The minimum atomic E-state index is 0.473. The normalized spacial score (nSPS) is 10.4. The number of ether oxygens (including phenoxy) is 1. The maximum Gasteiger partial charge on any atom is 0.161 e. The zero-order chi connectivity index (χ0) is 13.0. The molecule has 0 saturated heterocycles. The lowest BCUT2D eigenvalue weighted by molar-refractivity contribution is 0.181. The Morgan fingerprint density at radius 3 is 2.56 bits per heavy atom. The fraction of sp³-hybridized carbons (Fsp3) is 0.231. The van der Waals surface area contributed by atoms with E-state index in [1.54, 1.807) is 7.11 Å². The number of halogens is 1. The van der Waals surface area contributed by atoms with Gasteiger partial charge in [0.05, 0.1) is 12.3 Å². The lowest BCUT2D eigenvalue weighted by atomic mass is 10.2. The summed E-state index contributed by atoms with van der Waals surface area (Å²) in [7, 11) is 3.49. The molecule has 1 heterocycles. The van der Waals surface area contributed by atoms with Gasteiger partial charge in [0.2, 0.25) is 0 Å². The van der Waals surface area contributed by atoms with Crippen molar-refractivity contribution in [3.05, 3.63) is 40.5 Å². The standard InChI is InChI=1S/C13H14BrN3O/c1-15-12-7-11(8-18-2)16-13(17-12)9-3-5-10(14)6-4-9/h3-7H,8H2,1-2H3,(H,15,16,17). The summed E-state index contributed by atoms with van der Waals surface area (Å²) in [5.74, 6) is 1.48. The molecule has 5 heteroatoms. The largest absolute Gasteiger partial charge is 0.378 e. The molecular weight excluding hydrogens is 294 g/mol. The van der Waals surface area contributed by atoms with E-state index in [1.807, 2.05) is 37.4 Å². The lowest BCUT2D eigenvalue weighted by Crippen LogP contribution is -2.01. The number of hydrogen-bond acceptors (Lipinski definition) is 4. The van der Waals surface area contributed by atoms with Gasteiger partial charge >= 0.3 is 0 Å². The minimum Gasteiger partial charge on any atom is -0.378 e. The van der Waals surface area contributed by atoms with Crippen LogP contribution in [0.3, 0.4) is 0 Å². The molecular formula is C13H14BrN3O. The molecule has 0 amide bonds. The van der Waals surface area contributed by atoms with Crippen LogP contribution in [0.5, 0.6) is 0 Å². The fourth-order valence-corrected chi connectivity index (χ4v) is 1.84. The predicted octanol–water partition coefficient (Wildman–Crippen LogP) is 3.09. The van der Waals surface area contributed by atoms with Crippen LogP contribution in [0, 0.1) is 0 Å². The topological polar surface area (TPSA) is 47.0 Å². The van der Waals surface area contributed by atoms with Gasteiger partial charge in [-0.25, -0.2) is 9.97 Å². The molecule has 2 aromatic rings. The van der Waals surface area contributed by atoms with Gasteiger partial charge in [0.15, 0.2) is 5.82 Å². The van der Waals surface area contributed by atoms with E-state index in [-0.39, 0.29) is 0 Å². The lowest BCUT2D eigenvalue weighted by Gasteiger charge is -2.07. The molecule has 0 aliphatic carbocycles. The molecule has 94 valence electrons. The number of methoxy groups -OCH3 is 1. The molecule has 2 rings (SSSR count). The van der Waals surface area contributed by atoms with Crippen LogP contribution < -0.4 is 5.32 Å². The fourth-order valence-electron chi connectivity index (χ4n) is 1.58. The number of nitrogens with one attached hydrogen (secondary N) is 1. The Labute approximate surface area is 115 Å². The predicted molar refractivity (Wildman–Crippen MR) is 75.4 cm³/mol. The molecule has 0 fully saturated rings. The molecule has 0 saturated carbocycles. The van der Waals surface area contributed by atoms with Crippen molar-refractivity contribution >= 4 is 21.7 Å². The summed E-state index contributed by atoms with van der Waals surface area (Å²) >= 11 is 3.41. The molecule has 4 nitrogen and oxygen atoms in total. The molecule has 1 aromatic heterocycles. The van der Waals surface area contributed by atoms with Gasteiger partial charge in [-0.2, -0.15) is 0 Å². The third-order valence-electron chi connectivity index (χ3n) is 2.43. The van der Waals surface area contributed by atoms with Gasteiger partial charge in [0.1, 0.15) is 5.82 Å². The first-order chi connectivity index (χ1) is 8.72. The highest BCUT2D eigenvalue weighted by Crippen LogP contribution is 2.20. The van der Waals surface area contributed by atoms with Gasteiger partial charge in [-0.05, 0) is 12.1 Å². The van der Waals surface area contributed by atoms with E-state index in [1.165, 1.54) is 0 Å². The van der Waals surface area contributed by atoms with E-state index in [9.17, 15) is 0 Å². The first-order valence-corrected chi connectivity index (χ1v) is 6.33. The third-order valence-corrected chi connectivity index (χ3v) is 2.96. The van der Waals surface area contributed by atoms with Crippen molar-refractivity contribution in [3.63, 3.8) is 0 Å². The summed E-state index contributed by atoms with van der Waals surface area (Å²) in [5, 5.41) is 3.03. The van der Waals surface area contributed by atoms with Crippen LogP contribution in [0.2, 0.25) is 0 Å². The van der Waals surface area contributed by atoms with Crippen LogP contribution in [-0.4, -0.2) is 24.1 Å². The quantitative estimate of drug-likeness (QED) is 0.943. The Morgan fingerprint density at radius 2 is 1.94 bits per heavy atom. The van der Waals surface area contributed by atoms with Crippen LogP contribution in [0.15, 0.2) is 34.8 Å². The molecule has 0 unspecified atom stereocenters. The molecule has 18 heavy (non-hydrogen) atoms. The minimum absolute atomic E-state index is 0.473. The molecule has 1 N–H and O–H groups in total. The Balaban J connectivity index is 2.42. The van der Waals surface area contributed by atoms with Crippen molar-refractivity contribution < 1.29 is 4.74 Å². The maximum absolute atomic E-state index is 5.11. The van der Waals surface area contributed by atoms with Crippen molar-refractivity contribution in [1.82, 2.24) is 9.97 Å². The average Bonchev–Trinajstić information content (AvgIpc) is 2.39. The van der Waals surface area contributed by atoms with E-state index in [0.717, 1.165) is 21.5 Å². The van der Waals surface area contributed by atoms with E-state index < -0.39 is 0 Å². The van der Waals surface area contributed by atoms with Gasteiger partial charge in [0, 0.05) is 30.3 Å². The summed E-state index contributed by atoms with van der Waals surface area (Å²) in [5.41, 5.74) is 1.84. The number of rotatable bonds is 4. The van der Waals surface area contributed by atoms with Crippen molar-refractivity contribution in [2.45, 2.75) is 6.61 Å². The number of nitrogens with zero attached hydrogens (tertiary/aromatic N) is 2. The Morgan fingerprint density at radius 1 is 1.22 bits per heavy atom. The smallest absolute Gasteiger partial charge is 0.161 e. The summed E-state index contributed by atoms with van der Waals surface area (Å²) in [6.07, 6.45) is 0.